The highest BCUT2D eigenvalue weighted by Gasteiger charge is 2.46. The van der Waals surface area contributed by atoms with Gasteiger partial charge in [0.15, 0.2) is 0 Å². The number of halogens is 3. The van der Waals surface area contributed by atoms with Crippen LogP contribution in [0.15, 0.2) is 29.2 Å². The quantitative estimate of drug-likeness (QED) is 0.925. The molecular weight excluding hydrogens is 291 g/mol. The zero-order valence-corrected chi connectivity index (χ0v) is 11.6. The van der Waals surface area contributed by atoms with Crippen LogP contribution in [0.2, 0.25) is 0 Å². The van der Waals surface area contributed by atoms with Crippen molar-refractivity contribution >= 4 is 15.5 Å². The Morgan fingerprint density at radius 1 is 1.10 bits per heavy atom. The minimum atomic E-state index is -5.26. The largest absolute Gasteiger partial charge is 0.501 e. The third-order valence-electron chi connectivity index (χ3n) is 3.54. The predicted molar refractivity (Wildman–Crippen MR) is 70.1 cm³/mol. The molecule has 7 heteroatoms. The summed E-state index contributed by atoms with van der Waals surface area (Å²) < 4.78 is 59.5. The average Bonchev–Trinajstić information content (AvgIpc) is 2.88. The van der Waals surface area contributed by atoms with Crippen LogP contribution in [0.25, 0.3) is 0 Å². The molecule has 0 spiro atoms. The molecule has 1 saturated carbocycles. The first kappa shape index (κ1) is 15.2. The van der Waals surface area contributed by atoms with Crippen molar-refractivity contribution < 1.29 is 21.6 Å². The van der Waals surface area contributed by atoms with Gasteiger partial charge >= 0.3 is 5.51 Å². The summed E-state index contributed by atoms with van der Waals surface area (Å²) in [6, 6.07) is 4.71. The third kappa shape index (κ3) is 3.26. The molecule has 112 valence electrons. The second-order valence-electron chi connectivity index (χ2n) is 5.00. The maximum atomic E-state index is 12.4. The monoisotopic (exact) mass is 307 g/mol. The van der Waals surface area contributed by atoms with Crippen molar-refractivity contribution in [3.05, 3.63) is 24.3 Å². The molecular formula is C13H16F3NO2S. The third-order valence-corrected chi connectivity index (χ3v) is 5.04. The van der Waals surface area contributed by atoms with E-state index in [9.17, 15) is 21.6 Å². The lowest BCUT2D eigenvalue weighted by Crippen LogP contribution is -2.23. The van der Waals surface area contributed by atoms with Crippen LogP contribution in [-0.2, 0) is 9.84 Å². The number of hydrogen-bond donors (Lipinski definition) is 1. The Hall–Kier alpha value is -1.24. The Kier molecular flexibility index (Phi) is 4.27. The minimum Gasteiger partial charge on any atom is -0.385 e. The van der Waals surface area contributed by atoms with Crippen LogP contribution in [0.1, 0.15) is 25.7 Å². The molecule has 2 rings (SSSR count). The van der Waals surface area contributed by atoms with Gasteiger partial charge < -0.3 is 5.32 Å². The van der Waals surface area contributed by atoms with E-state index >= 15 is 0 Å². The number of hydrogen-bond acceptors (Lipinski definition) is 3. The molecule has 0 amide bonds. The van der Waals surface area contributed by atoms with Gasteiger partial charge in [0.05, 0.1) is 4.90 Å². The maximum Gasteiger partial charge on any atom is 0.501 e. The van der Waals surface area contributed by atoms with Crippen molar-refractivity contribution in [3.8, 4) is 0 Å². The summed E-state index contributed by atoms with van der Waals surface area (Å²) in [4.78, 5) is -0.726. The van der Waals surface area contributed by atoms with Crippen LogP contribution in [0, 0.1) is 5.92 Å². The van der Waals surface area contributed by atoms with E-state index in [-0.39, 0.29) is 0 Å². The molecule has 1 aliphatic rings. The fourth-order valence-corrected chi connectivity index (χ4v) is 3.12. The van der Waals surface area contributed by atoms with Crippen LogP contribution in [0.4, 0.5) is 18.9 Å². The van der Waals surface area contributed by atoms with E-state index in [0.717, 1.165) is 31.5 Å². The molecule has 1 aromatic carbocycles. The summed E-state index contributed by atoms with van der Waals surface area (Å²) >= 11 is 0. The Morgan fingerprint density at radius 2 is 1.65 bits per heavy atom. The first-order valence-corrected chi connectivity index (χ1v) is 7.94. The molecule has 1 fully saturated rings. The van der Waals surface area contributed by atoms with Crippen molar-refractivity contribution in [2.24, 2.45) is 5.92 Å². The van der Waals surface area contributed by atoms with Gasteiger partial charge in [-0.2, -0.15) is 13.2 Å². The normalized spacial score (nSPS) is 17.4. The van der Waals surface area contributed by atoms with E-state index in [2.05, 4.69) is 5.32 Å². The van der Waals surface area contributed by atoms with Gasteiger partial charge in [-0.3, -0.25) is 0 Å². The second kappa shape index (κ2) is 5.63. The summed E-state index contributed by atoms with van der Waals surface area (Å²) in [5, 5.41) is 3.13. The smallest absolute Gasteiger partial charge is 0.385 e. The van der Waals surface area contributed by atoms with E-state index in [4.69, 9.17) is 0 Å². The highest BCUT2D eigenvalue weighted by molar-refractivity contribution is 7.92. The fraction of sp³-hybridized carbons (Fsp3) is 0.538. The molecule has 1 N–H and O–H groups in total. The molecule has 0 aromatic heterocycles. The van der Waals surface area contributed by atoms with Crippen LogP contribution in [-0.4, -0.2) is 20.5 Å². The molecule has 3 nitrogen and oxygen atoms in total. The van der Waals surface area contributed by atoms with Crippen LogP contribution in [0.5, 0.6) is 0 Å². The van der Waals surface area contributed by atoms with E-state index in [1.807, 2.05) is 0 Å². The number of anilines is 1. The van der Waals surface area contributed by atoms with Crippen molar-refractivity contribution in [2.75, 3.05) is 11.9 Å². The summed E-state index contributed by atoms with van der Waals surface area (Å²) in [7, 11) is -5.25. The summed E-state index contributed by atoms with van der Waals surface area (Å²) in [5.41, 5.74) is -4.62. The fourth-order valence-electron chi connectivity index (χ4n) is 2.36. The Labute approximate surface area is 116 Å². The molecule has 0 unspecified atom stereocenters. The van der Waals surface area contributed by atoms with Crippen molar-refractivity contribution in [3.63, 3.8) is 0 Å². The van der Waals surface area contributed by atoms with Crippen molar-refractivity contribution in [1.29, 1.82) is 0 Å². The van der Waals surface area contributed by atoms with Gasteiger partial charge in [0.2, 0.25) is 0 Å². The topological polar surface area (TPSA) is 46.2 Å². The highest BCUT2D eigenvalue weighted by Crippen LogP contribution is 2.31. The molecule has 1 aromatic rings. The van der Waals surface area contributed by atoms with Crippen LogP contribution < -0.4 is 5.32 Å². The maximum absolute atomic E-state index is 12.4. The molecule has 0 heterocycles. The lowest BCUT2D eigenvalue weighted by Gasteiger charge is -2.12. The van der Waals surface area contributed by atoms with Gasteiger partial charge in [0.25, 0.3) is 9.84 Å². The molecule has 1 aliphatic carbocycles. The average molecular weight is 307 g/mol. The zero-order chi connectivity index (χ0) is 14.8. The molecule has 20 heavy (non-hydrogen) atoms. The number of rotatable bonds is 4. The van der Waals surface area contributed by atoms with Gasteiger partial charge in [-0.1, -0.05) is 12.8 Å². The van der Waals surface area contributed by atoms with E-state index in [0.29, 0.717) is 11.6 Å². The van der Waals surface area contributed by atoms with Gasteiger partial charge in [-0.15, -0.1) is 0 Å². The lowest BCUT2D eigenvalue weighted by atomic mass is 10.1. The predicted octanol–water partition coefficient (Wildman–Crippen LogP) is 3.58. The van der Waals surface area contributed by atoms with Gasteiger partial charge in [0, 0.05) is 12.2 Å². The SMILES string of the molecule is O=S(=O)(c1ccc(NCC2CCCC2)cc1)C(F)(F)F. The van der Waals surface area contributed by atoms with Crippen LogP contribution >= 0.6 is 0 Å². The van der Waals surface area contributed by atoms with Crippen molar-refractivity contribution in [1.82, 2.24) is 0 Å². The van der Waals surface area contributed by atoms with Gasteiger partial charge in [0.1, 0.15) is 0 Å². The summed E-state index contributed by atoms with van der Waals surface area (Å²) in [5.74, 6) is 0.591. The highest BCUT2D eigenvalue weighted by atomic mass is 32.2. The van der Waals surface area contributed by atoms with Gasteiger partial charge in [-0.25, -0.2) is 8.42 Å². The number of benzene rings is 1. The number of alkyl halides is 3. The Morgan fingerprint density at radius 3 is 2.15 bits per heavy atom. The first-order chi connectivity index (χ1) is 9.30. The minimum absolute atomic E-state index is 0.591. The summed E-state index contributed by atoms with van der Waals surface area (Å²) in [6.45, 7) is 0.769. The number of sulfone groups is 1. The Balaban J connectivity index is 2.03. The second-order valence-corrected chi connectivity index (χ2v) is 6.95. The van der Waals surface area contributed by atoms with Crippen molar-refractivity contribution in [2.45, 2.75) is 36.1 Å². The molecule has 0 aliphatic heterocycles. The lowest BCUT2D eigenvalue weighted by molar-refractivity contribution is -0.0436. The molecule has 0 bridgehead atoms. The molecule has 0 atom stereocenters. The van der Waals surface area contributed by atoms with Crippen LogP contribution in [0.3, 0.4) is 0 Å². The van der Waals surface area contributed by atoms with E-state index in [1.165, 1.54) is 25.0 Å². The molecule has 0 radical (unpaired) electrons. The van der Waals surface area contributed by atoms with E-state index < -0.39 is 20.2 Å². The number of nitrogens with one attached hydrogen (secondary N) is 1. The summed E-state index contributed by atoms with van der Waals surface area (Å²) in [6.07, 6.45) is 4.76. The zero-order valence-electron chi connectivity index (χ0n) is 10.8. The van der Waals surface area contributed by atoms with E-state index in [1.54, 1.807) is 0 Å². The van der Waals surface area contributed by atoms with Gasteiger partial charge in [-0.05, 0) is 43.0 Å². The standard InChI is InChI=1S/C13H16F3NO2S/c14-13(15,16)20(18,19)12-7-5-11(6-8-12)17-9-10-3-1-2-4-10/h5-8,10,17H,1-4,9H2. The molecule has 0 saturated heterocycles. The Bertz CT molecular complexity index is 546. The first-order valence-electron chi connectivity index (χ1n) is 6.46.